The van der Waals surface area contributed by atoms with Gasteiger partial charge in [0.05, 0.1) is 10.8 Å². The lowest BCUT2D eigenvalue weighted by Gasteiger charge is -2.37. The molecule has 11 rings (SSSR count). The second-order valence-electron chi connectivity index (χ2n) is 19.0. The third kappa shape index (κ3) is 8.00. The van der Waals surface area contributed by atoms with Crippen LogP contribution in [0.15, 0.2) is 267 Å². The maximum absolute atomic E-state index is 2.45. The van der Waals surface area contributed by atoms with E-state index in [0.29, 0.717) is 0 Å². The minimum absolute atomic E-state index is 0.0625. The van der Waals surface area contributed by atoms with Gasteiger partial charge < -0.3 is 0 Å². The summed E-state index contributed by atoms with van der Waals surface area (Å²) >= 11 is 0. The highest BCUT2D eigenvalue weighted by molar-refractivity contribution is 5.85. The first-order valence-corrected chi connectivity index (χ1v) is 25.3. The van der Waals surface area contributed by atoms with Crippen molar-refractivity contribution in [2.45, 2.75) is 42.9 Å². The summed E-state index contributed by atoms with van der Waals surface area (Å²) in [4.78, 5) is 0. The first kappa shape index (κ1) is 45.1. The van der Waals surface area contributed by atoms with E-state index in [1.807, 2.05) is 0 Å². The van der Waals surface area contributed by atoms with Crippen LogP contribution >= 0.6 is 0 Å². The molecule has 0 heterocycles. The molecule has 0 unspecified atom stereocenters. The Morgan fingerprint density at radius 1 is 0.268 bits per heavy atom. The molecule has 0 heteroatoms. The van der Waals surface area contributed by atoms with Gasteiger partial charge >= 0.3 is 0 Å². The molecular formula is C71H58. The summed E-state index contributed by atoms with van der Waals surface area (Å²) < 4.78 is 0. The number of fused-ring (bicyclic) bond motifs is 3. The van der Waals surface area contributed by atoms with Crippen molar-refractivity contribution in [3.63, 3.8) is 0 Å². The van der Waals surface area contributed by atoms with E-state index in [1.165, 1.54) is 89.0 Å². The Bertz CT molecular complexity index is 2990. The average Bonchev–Trinajstić information content (AvgIpc) is 3.73. The molecule has 1 aliphatic rings. The van der Waals surface area contributed by atoms with Gasteiger partial charge in [-0.3, -0.25) is 0 Å². The molecule has 0 spiro atoms. The average molecular weight is 911 g/mol. The zero-order valence-corrected chi connectivity index (χ0v) is 40.6. The SMILES string of the molecule is CCC1(CC)c2cc(/C=C/c3ccc(C(c4ccccc4)(c4ccccc4)c4ccccc4)cc3)ccc2-c2ccc(/C=C/c3ccc(C(c4ccccc4)(c4ccccc4)c4ccccc4)cc3)cc21. The predicted octanol–water partition coefficient (Wildman–Crippen LogP) is 17.9. The molecule has 0 saturated carbocycles. The van der Waals surface area contributed by atoms with Crippen molar-refractivity contribution in [3.05, 3.63) is 345 Å². The summed E-state index contributed by atoms with van der Waals surface area (Å²) in [6.07, 6.45) is 11.2. The molecule has 0 aliphatic heterocycles. The van der Waals surface area contributed by atoms with Crippen LogP contribution in [0.2, 0.25) is 0 Å². The molecule has 1 aliphatic carbocycles. The fourth-order valence-corrected chi connectivity index (χ4v) is 12.0. The van der Waals surface area contributed by atoms with E-state index in [-0.39, 0.29) is 5.41 Å². The molecule has 0 amide bonds. The largest absolute Gasteiger partial charge is 0.0701 e. The summed E-state index contributed by atoms with van der Waals surface area (Å²) in [5, 5.41) is 0. The van der Waals surface area contributed by atoms with Gasteiger partial charge in [0.2, 0.25) is 0 Å². The summed E-state index contributed by atoms with van der Waals surface area (Å²) in [5.74, 6) is 0. The number of benzene rings is 10. The van der Waals surface area contributed by atoms with Crippen molar-refractivity contribution in [2.24, 2.45) is 0 Å². The van der Waals surface area contributed by atoms with E-state index < -0.39 is 10.8 Å². The van der Waals surface area contributed by atoms with Crippen LogP contribution in [-0.2, 0) is 16.2 Å². The Labute approximate surface area is 421 Å². The molecule has 0 nitrogen and oxygen atoms in total. The molecule has 0 atom stereocenters. The Morgan fingerprint density at radius 2 is 0.493 bits per heavy atom. The van der Waals surface area contributed by atoms with E-state index in [0.717, 1.165) is 12.8 Å². The molecule has 71 heavy (non-hydrogen) atoms. The molecule has 10 aromatic carbocycles. The smallest absolute Gasteiger partial charge is 0.0642 e. The lowest BCUT2D eigenvalue weighted by atomic mass is 9.65. The molecule has 0 saturated heterocycles. The third-order valence-electron chi connectivity index (χ3n) is 15.5. The monoisotopic (exact) mass is 910 g/mol. The molecule has 0 aromatic heterocycles. The summed E-state index contributed by atoms with van der Waals surface area (Å²) in [6.45, 7) is 4.72. The predicted molar refractivity (Wildman–Crippen MR) is 301 cm³/mol. The number of rotatable bonds is 14. The standard InChI is InChI=1S/C71H58/c1-3-69(4-2)67-51-55(37-35-53-39-45-63(46-40-53)70(57-23-11-5-12-24-57,58-25-13-6-14-26-58)59-27-15-7-16-28-59)43-49-65(67)66-50-44-56(52-68(66)69)38-36-54-41-47-64(48-42-54)71(60-29-17-8-18-30-60,61-31-19-9-20-32-61)62-33-21-10-22-34-62/h5-52H,3-4H2,1-2H3/b37-35+,38-36+. The van der Waals surface area contributed by atoms with Gasteiger partial charge in [0.15, 0.2) is 0 Å². The van der Waals surface area contributed by atoms with Gasteiger partial charge in [-0.2, -0.15) is 0 Å². The van der Waals surface area contributed by atoms with Crippen molar-refractivity contribution in [2.75, 3.05) is 0 Å². The van der Waals surface area contributed by atoms with E-state index in [9.17, 15) is 0 Å². The van der Waals surface area contributed by atoms with E-state index >= 15 is 0 Å². The first-order valence-electron chi connectivity index (χ1n) is 25.3. The van der Waals surface area contributed by atoms with Gasteiger partial charge in [0.25, 0.3) is 0 Å². The highest BCUT2D eigenvalue weighted by Gasteiger charge is 2.42. The molecule has 342 valence electrons. The van der Waals surface area contributed by atoms with Crippen LogP contribution in [0.3, 0.4) is 0 Å². The molecular weight excluding hydrogens is 853 g/mol. The minimum atomic E-state index is -0.464. The van der Waals surface area contributed by atoms with Gasteiger partial charge in [-0.15, -0.1) is 0 Å². The molecule has 10 aromatic rings. The molecule has 0 radical (unpaired) electrons. The van der Waals surface area contributed by atoms with Gasteiger partial charge in [-0.05, 0) is 102 Å². The first-order chi connectivity index (χ1) is 35.1. The zero-order valence-electron chi connectivity index (χ0n) is 40.6. The van der Waals surface area contributed by atoms with Gasteiger partial charge in [0, 0.05) is 5.41 Å². The van der Waals surface area contributed by atoms with Crippen molar-refractivity contribution in [1.82, 2.24) is 0 Å². The summed E-state index contributed by atoms with van der Waals surface area (Å²) in [6, 6.07) is 98.2. The lowest BCUT2D eigenvalue weighted by molar-refractivity contribution is 0.490. The third-order valence-corrected chi connectivity index (χ3v) is 15.5. The Hall–Kier alpha value is -8.32. The second-order valence-corrected chi connectivity index (χ2v) is 19.0. The zero-order chi connectivity index (χ0) is 48.1. The van der Waals surface area contributed by atoms with Crippen molar-refractivity contribution in [3.8, 4) is 11.1 Å². The van der Waals surface area contributed by atoms with Crippen molar-refractivity contribution in [1.29, 1.82) is 0 Å². The van der Waals surface area contributed by atoms with Crippen molar-refractivity contribution < 1.29 is 0 Å². The highest BCUT2D eigenvalue weighted by atomic mass is 14.4. The number of hydrogen-bond donors (Lipinski definition) is 0. The van der Waals surface area contributed by atoms with E-state index in [2.05, 4.69) is 305 Å². The van der Waals surface area contributed by atoms with Crippen LogP contribution in [0, 0.1) is 0 Å². The van der Waals surface area contributed by atoms with Crippen LogP contribution in [-0.4, -0.2) is 0 Å². The summed E-state index contributed by atoms with van der Waals surface area (Å²) in [7, 11) is 0. The fraction of sp³-hybridized carbons (Fsp3) is 0.0986. The van der Waals surface area contributed by atoms with E-state index in [1.54, 1.807) is 0 Å². The molecule has 0 fully saturated rings. The molecule has 0 bridgehead atoms. The quantitative estimate of drug-likeness (QED) is 0.0753. The molecule has 0 N–H and O–H groups in total. The van der Waals surface area contributed by atoms with Crippen LogP contribution in [0.4, 0.5) is 0 Å². The Kier molecular flexibility index (Phi) is 12.5. The lowest BCUT2D eigenvalue weighted by Crippen LogP contribution is -2.30. The van der Waals surface area contributed by atoms with Crippen LogP contribution < -0.4 is 0 Å². The maximum atomic E-state index is 2.45. The van der Waals surface area contributed by atoms with Gasteiger partial charge in [0.1, 0.15) is 0 Å². The summed E-state index contributed by atoms with van der Waals surface area (Å²) in [5.41, 5.74) is 19.3. The maximum Gasteiger partial charge on any atom is 0.0701 e. The van der Waals surface area contributed by atoms with Crippen LogP contribution in [0.25, 0.3) is 35.4 Å². The second kappa shape index (κ2) is 19.6. The highest BCUT2D eigenvalue weighted by Crippen LogP contribution is 2.54. The van der Waals surface area contributed by atoms with Crippen LogP contribution in [0.5, 0.6) is 0 Å². The van der Waals surface area contributed by atoms with Gasteiger partial charge in [-0.1, -0.05) is 305 Å². The Balaban J connectivity index is 0.876. The van der Waals surface area contributed by atoms with Crippen LogP contribution in [0.1, 0.15) is 105 Å². The fourth-order valence-electron chi connectivity index (χ4n) is 12.0. The van der Waals surface area contributed by atoms with E-state index in [4.69, 9.17) is 0 Å². The minimum Gasteiger partial charge on any atom is -0.0642 e. The van der Waals surface area contributed by atoms with Crippen molar-refractivity contribution >= 4 is 24.3 Å². The normalized spacial score (nSPS) is 13.0. The topological polar surface area (TPSA) is 0 Å². The van der Waals surface area contributed by atoms with Gasteiger partial charge in [-0.25, -0.2) is 0 Å². The number of hydrogen-bond acceptors (Lipinski definition) is 0. The Morgan fingerprint density at radius 3 is 0.746 bits per heavy atom.